The van der Waals surface area contributed by atoms with Crippen molar-refractivity contribution in [3.63, 3.8) is 0 Å². The molecule has 1 fully saturated rings. The fourth-order valence-electron chi connectivity index (χ4n) is 5.13. The Hall–Kier alpha value is -2.82. The van der Waals surface area contributed by atoms with Gasteiger partial charge in [0.1, 0.15) is 17.0 Å². The Morgan fingerprint density at radius 1 is 0.848 bits per heavy atom. The predicted octanol–water partition coefficient (Wildman–Crippen LogP) is 6.38. The lowest BCUT2D eigenvalue weighted by Crippen LogP contribution is -2.18. The highest BCUT2D eigenvalue weighted by Crippen LogP contribution is 2.40. The van der Waals surface area contributed by atoms with Gasteiger partial charge in [-0.25, -0.2) is 9.97 Å². The fraction of sp³-hybridized carbons (Fsp3) is 0.500. The van der Waals surface area contributed by atoms with Crippen molar-refractivity contribution in [2.24, 2.45) is 0 Å². The average molecular weight is 445 g/mol. The minimum absolute atomic E-state index is 0.00574. The summed E-state index contributed by atoms with van der Waals surface area (Å²) in [4.78, 5) is 9.73. The molecule has 1 aliphatic carbocycles. The summed E-state index contributed by atoms with van der Waals surface area (Å²) in [5, 5.41) is 0. The molecule has 0 spiro atoms. The Labute approximate surface area is 196 Å². The molecule has 5 rings (SSSR count). The molecule has 0 N–H and O–H groups in total. The first kappa shape index (κ1) is 22.0. The number of hydrogen-bond donors (Lipinski definition) is 0. The average Bonchev–Trinajstić information content (AvgIpc) is 3.40. The van der Waals surface area contributed by atoms with E-state index < -0.39 is 0 Å². The molecule has 4 aromatic rings. The molecule has 0 radical (unpaired) electrons. The smallest absolute Gasteiger partial charge is 0.137 e. The van der Waals surface area contributed by atoms with Crippen LogP contribution in [0.1, 0.15) is 88.6 Å². The van der Waals surface area contributed by atoms with Crippen molar-refractivity contribution in [3.8, 4) is 5.75 Å². The highest BCUT2D eigenvalue weighted by molar-refractivity contribution is 5.48. The van der Waals surface area contributed by atoms with Crippen LogP contribution in [-0.2, 0) is 17.3 Å². The molecular formula is C28H36N4O. The third-order valence-electron chi connectivity index (χ3n) is 6.56. The van der Waals surface area contributed by atoms with Crippen LogP contribution in [-0.4, -0.2) is 25.4 Å². The largest absolute Gasteiger partial charge is 0.492 e. The van der Waals surface area contributed by atoms with E-state index in [0.717, 1.165) is 40.8 Å². The highest BCUT2D eigenvalue weighted by Gasteiger charge is 2.28. The number of ether oxygens (including phenoxy) is 1. The van der Waals surface area contributed by atoms with E-state index in [1.807, 2.05) is 12.1 Å². The quantitative estimate of drug-likeness (QED) is 0.358. The molecule has 4 heterocycles. The van der Waals surface area contributed by atoms with Crippen molar-refractivity contribution in [1.29, 1.82) is 0 Å². The highest BCUT2D eigenvalue weighted by atomic mass is 16.5. The van der Waals surface area contributed by atoms with Crippen molar-refractivity contribution in [2.75, 3.05) is 6.61 Å². The van der Waals surface area contributed by atoms with Gasteiger partial charge in [0.05, 0.1) is 35.6 Å². The minimum atomic E-state index is 0.00574. The summed E-state index contributed by atoms with van der Waals surface area (Å²) >= 11 is 0. The second kappa shape index (κ2) is 7.61. The van der Waals surface area contributed by atoms with Crippen LogP contribution in [0.25, 0.3) is 11.3 Å². The Morgan fingerprint density at radius 2 is 1.48 bits per heavy atom. The summed E-state index contributed by atoms with van der Waals surface area (Å²) in [5.74, 6) is 1.60. The molecule has 1 aliphatic rings. The van der Waals surface area contributed by atoms with Gasteiger partial charge in [-0.3, -0.25) is 4.40 Å². The fourth-order valence-corrected chi connectivity index (χ4v) is 5.13. The van der Waals surface area contributed by atoms with Gasteiger partial charge < -0.3 is 9.14 Å². The lowest BCUT2D eigenvalue weighted by Gasteiger charge is -2.21. The van der Waals surface area contributed by atoms with Crippen LogP contribution in [0.3, 0.4) is 0 Å². The van der Waals surface area contributed by atoms with Gasteiger partial charge in [0.2, 0.25) is 0 Å². The molecule has 4 aromatic heterocycles. The maximum absolute atomic E-state index is 6.23. The number of aromatic nitrogens is 4. The second-order valence-corrected chi connectivity index (χ2v) is 11.6. The summed E-state index contributed by atoms with van der Waals surface area (Å²) in [6.45, 7) is 16.2. The number of imidazole rings is 2. The number of aryl methyl sites for hydroxylation is 1. The first-order chi connectivity index (χ1) is 15.5. The van der Waals surface area contributed by atoms with E-state index in [4.69, 9.17) is 14.7 Å². The predicted molar refractivity (Wildman–Crippen MR) is 134 cm³/mol. The number of fused-ring (bicyclic) bond motifs is 2. The number of rotatable bonds is 5. The third-order valence-corrected chi connectivity index (χ3v) is 6.56. The maximum atomic E-state index is 6.23. The molecule has 0 atom stereocenters. The summed E-state index contributed by atoms with van der Waals surface area (Å²) in [5.41, 5.74) is 8.17. The molecule has 5 nitrogen and oxygen atoms in total. The summed E-state index contributed by atoms with van der Waals surface area (Å²) in [7, 11) is 0. The monoisotopic (exact) mass is 444 g/mol. The Bertz CT molecular complexity index is 1330. The third kappa shape index (κ3) is 4.14. The lowest BCUT2D eigenvalue weighted by atomic mass is 9.90. The number of hydrogen-bond acceptors (Lipinski definition) is 3. The molecule has 0 aliphatic heterocycles. The van der Waals surface area contributed by atoms with E-state index in [1.54, 1.807) is 0 Å². The van der Waals surface area contributed by atoms with Crippen LogP contribution in [0.5, 0.6) is 5.75 Å². The van der Waals surface area contributed by atoms with Crippen LogP contribution < -0.4 is 4.74 Å². The lowest BCUT2D eigenvalue weighted by molar-refractivity contribution is 0.317. The molecule has 0 amide bonds. The van der Waals surface area contributed by atoms with Crippen molar-refractivity contribution >= 4 is 11.3 Å². The summed E-state index contributed by atoms with van der Waals surface area (Å²) in [6, 6.07) is 8.49. The topological polar surface area (TPSA) is 43.8 Å². The van der Waals surface area contributed by atoms with Gasteiger partial charge in [0.15, 0.2) is 0 Å². The SMILES string of the molecule is Cc1nc2ccc(OCCc3nc4ccc(C5CC5)cn4c3C(C)(C)C)cn2c1C(C)(C)C. The van der Waals surface area contributed by atoms with Gasteiger partial charge in [-0.2, -0.15) is 0 Å². The van der Waals surface area contributed by atoms with E-state index in [9.17, 15) is 0 Å². The van der Waals surface area contributed by atoms with E-state index in [0.29, 0.717) is 6.61 Å². The minimum Gasteiger partial charge on any atom is -0.492 e. The van der Waals surface area contributed by atoms with E-state index in [2.05, 4.69) is 81.8 Å². The normalized spacial score (nSPS) is 15.0. The molecule has 0 bridgehead atoms. The van der Waals surface area contributed by atoms with Gasteiger partial charge in [-0.1, -0.05) is 47.6 Å². The molecule has 0 aromatic carbocycles. The molecule has 0 saturated heterocycles. The van der Waals surface area contributed by atoms with Crippen LogP contribution in [0, 0.1) is 6.92 Å². The molecular weight excluding hydrogens is 408 g/mol. The Morgan fingerprint density at radius 3 is 2.15 bits per heavy atom. The van der Waals surface area contributed by atoms with Gasteiger partial charge in [-0.05, 0) is 49.4 Å². The van der Waals surface area contributed by atoms with E-state index in [-0.39, 0.29) is 10.8 Å². The van der Waals surface area contributed by atoms with Crippen molar-refractivity contribution < 1.29 is 4.74 Å². The van der Waals surface area contributed by atoms with E-state index >= 15 is 0 Å². The van der Waals surface area contributed by atoms with Gasteiger partial charge in [-0.15, -0.1) is 0 Å². The molecule has 0 unspecified atom stereocenters. The summed E-state index contributed by atoms with van der Waals surface area (Å²) in [6.07, 6.45) is 7.79. The van der Waals surface area contributed by atoms with Crippen molar-refractivity contribution in [2.45, 2.75) is 84.5 Å². The molecule has 33 heavy (non-hydrogen) atoms. The van der Waals surface area contributed by atoms with E-state index in [1.165, 1.54) is 29.8 Å². The van der Waals surface area contributed by atoms with Gasteiger partial charge >= 0.3 is 0 Å². The maximum Gasteiger partial charge on any atom is 0.137 e. The Kier molecular flexibility index (Phi) is 5.07. The first-order valence-corrected chi connectivity index (χ1v) is 12.2. The van der Waals surface area contributed by atoms with Crippen LogP contribution in [0.4, 0.5) is 0 Å². The molecule has 5 heteroatoms. The zero-order valence-corrected chi connectivity index (χ0v) is 21.1. The zero-order chi connectivity index (χ0) is 23.5. The number of pyridine rings is 2. The molecule has 174 valence electrons. The van der Waals surface area contributed by atoms with Crippen LogP contribution in [0.2, 0.25) is 0 Å². The zero-order valence-electron chi connectivity index (χ0n) is 21.1. The van der Waals surface area contributed by atoms with Gasteiger partial charge in [0, 0.05) is 23.4 Å². The van der Waals surface area contributed by atoms with Crippen molar-refractivity contribution in [1.82, 2.24) is 18.8 Å². The standard InChI is InChI=1S/C28H36N4O/c1-18-25(27(2,3)4)32-17-21(11-13-23(32)29-18)33-15-14-22-26(28(5,6)7)31-16-20(19-8-9-19)10-12-24(31)30-22/h10-13,16-17,19H,8-9,14-15H2,1-7H3. The second-order valence-electron chi connectivity index (χ2n) is 11.6. The van der Waals surface area contributed by atoms with Gasteiger partial charge in [0.25, 0.3) is 0 Å². The Balaban J connectivity index is 1.41. The number of nitrogens with zero attached hydrogens (tertiary/aromatic N) is 4. The summed E-state index contributed by atoms with van der Waals surface area (Å²) < 4.78 is 10.7. The van der Waals surface area contributed by atoms with Crippen LogP contribution in [0.15, 0.2) is 36.7 Å². The molecule has 1 saturated carbocycles. The van der Waals surface area contributed by atoms with Crippen LogP contribution >= 0.6 is 0 Å². The first-order valence-electron chi connectivity index (χ1n) is 12.2. The van der Waals surface area contributed by atoms with Crippen molar-refractivity contribution in [3.05, 3.63) is 65.0 Å².